The fourth-order valence-corrected chi connectivity index (χ4v) is 5.39. The smallest absolute Gasteiger partial charge is 0.336 e. The zero-order valence-corrected chi connectivity index (χ0v) is 20.1. The first-order valence-electron chi connectivity index (χ1n) is 12.2. The van der Waals surface area contributed by atoms with E-state index < -0.39 is 5.97 Å². The summed E-state index contributed by atoms with van der Waals surface area (Å²) in [5.41, 5.74) is 5.67. The van der Waals surface area contributed by atoms with E-state index in [2.05, 4.69) is 6.07 Å². The van der Waals surface area contributed by atoms with Gasteiger partial charge in [0.2, 0.25) is 0 Å². The molecule has 0 saturated heterocycles. The number of fused-ring (bicyclic) bond motifs is 2. The van der Waals surface area contributed by atoms with Crippen LogP contribution in [-0.4, -0.2) is 16.2 Å². The quantitative estimate of drug-likeness (QED) is 0.262. The molecule has 37 heavy (non-hydrogen) atoms. The average molecular weight is 481 g/mol. The lowest BCUT2D eigenvalue weighted by Crippen LogP contribution is -2.06. The van der Waals surface area contributed by atoms with Crippen molar-refractivity contribution in [1.82, 2.24) is 0 Å². The number of aliphatic hydroxyl groups is 1. The van der Waals surface area contributed by atoms with Crippen LogP contribution in [0, 0.1) is 0 Å². The monoisotopic (exact) mass is 480 g/mol. The number of carbonyl (C=O) groups is 1. The van der Waals surface area contributed by atoms with E-state index in [0.29, 0.717) is 16.7 Å². The summed E-state index contributed by atoms with van der Waals surface area (Å²) in [4.78, 5) is 13.1. The van der Waals surface area contributed by atoms with Crippen LogP contribution in [0.3, 0.4) is 0 Å². The van der Waals surface area contributed by atoms with E-state index in [9.17, 15) is 15.0 Å². The summed E-state index contributed by atoms with van der Waals surface area (Å²) in [6.45, 7) is -0.229. The van der Waals surface area contributed by atoms with Crippen molar-refractivity contribution >= 4 is 27.5 Å². The summed E-state index contributed by atoms with van der Waals surface area (Å²) < 4.78 is 0. The Kier molecular flexibility index (Phi) is 5.76. The summed E-state index contributed by atoms with van der Waals surface area (Å²) in [6.07, 6.45) is 0. The summed E-state index contributed by atoms with van der Waals surface area (Å²) in [7, 11) is 0. The second kappa shape index (κ2) is 9.38. The van der Waals surface area contributed by atoms with E-state index in [4.69, 9.17) is 0 Å². The Bertz CT molecular complexity index is 1770. The molecule has 0 aliphatic carbocycles. The first-order valence-corrected chi connectivity index (χ1v) is 12.2. The molecule has 178 valence electrons. The molecule has 0 aliphatic rings. The van der Waals surface area contributed by atoms with Crippen LogP contribution in [0.15, 0.2) is 121 Å². The Balaban J connectivity index is 1.85. The van der Waals surface area contributed by atoms with E-state index in [0.717, 1.165) is 43.8 Å². The number of carboxylic acid groups (broad SMARTS) is 1. The lowest BCUT2D eigenvalue weighted by molar-refractivity contribution is 0.0698. The number of hydrogen-bond acceptors (Lipinski definition) is 2. The largest absolute Gasteiger partial charge is 0.478 e. The minimum Gasteiger partial charge on any atom is -0.478 e. The van der Waals surface area contributed by atoms with Gasteiger partial charge in [0.05, 0.1) is 12.2 Å². The molecule has 0 unspecified atom stereocenters. The molecular weight excluding hydrogens is 456 g/mol. The van der Waals surface area contributed by atoms with E-state index in [1.54, 1.807) is 0 Å². The van der Waals surface area contributed by atoms with Crippen molar-refractivity contribution in [2.45, 2.75) is 6.61 Å². The maximum absolute atomic E-state index is 13.1. The molecule has 6 rings (SSSR count). The zero-order chi connectivity index (χ0) is 25.4. The summed E-state index contributed by atoms with van der Waals surface area (Å²) in [5, 5.41) is 25.2. The minimum absolute atomic E-state index is 0.229. The molecule has 0 atom stereocenters. The number of benzene rings is 6. The Morgan fingerprint density at radius 2 is 1.03 bits per heavy atom. The van der Waals surface area contributed by atoms with Gasteiger partial charge in [-0.25, -0.2) is 4.79 Å². The SMILES string of the molecule is O=C(O)c1c(-c2ccccc2)cc2ccccc2c1-c1c(CO)c(-c2ccccc2)cc2ccccc12. The fourth-order valence-electron chi connectivity index (χ4n) is 5.39. The molecular formula is C34H24O3. The molecule has 0 aliphatic heterocycles. The van der Waals surface area contributed by atoms with Crippen molar-refractivity contribution in [2.75, 3.05) is 0 Å². The van der Waals surface area contributed by atoms with Gasteiger partial charge in [0.1, 0.15) is 0 Å². The van der Waals surface area contributed by atoms with Crippen LogP contribution in [0.25, 0.3) is 54.9 Å². The zero-order valence-electron chi connectivity index (χ0n) is 20.1. The summed E-state index contributed by atoms with van der Waals surface area (Å²) >= 11 is 0. The third-order valence-electron chi connectivity index (χ3n) is 7.00. The Morgan fingerprint density at radius 1 is 0.568 bits per heavy atom. The number of aliphatic hydroxyl groups excluding tert-OH is 1. The number of carboxylic acids is 1. The molecule has 0 aromatic heterocycles. The predicted octanol–water partition coefficient (Wildman–Crippen LogP) is 8.18. The molecule has 0 spiro atoms. The van der Waals surface area contributed by atoms with Crippen LogP contribution in [0.1, 0.15) is 15.9 Å². The maximum Gasteiger partial charge on any atom is 0.336 e. The highest BCUT2D eigenvalue weighted by molar-refractivity contribution is 6.18. The molecule has 0 saturated carbocycles. The van der Waals surface area contributed by atoms with Crippen LogP contribution in [0.2, 0.25) is 0 Å². The van der Waals surface area contributed by atoms with Gasteiger partial charge >= 0.3 is 5.97 Å². The molecule has 6 aromatic carbocycles. The Hall–Kier alpha value is -4.73. The van der Waals surface area contributed by atoms with Crippen molar-refractivity contribution in [1.29, 1.82) is 0 Å². The predicted molar refractivity (Wildman–Crippen MR) is 151 cm³/mol. The van der Waals surface area contributed by atoms with Gasteiger partial charge in [-0.1, -0.05) is 109 Å². The molecule has 3 heteroatoms. The Morgan fingerprint density at radius 3 is 1.57 bits per heavy atom. The van der Waals surface area contributed by atoms with Gasteiger partial charge in [-0.2, -0.15) is 0 Å². The van der Waals surface area contributed by atoms with E-state index in [-0.39, 0.29) is 12.2 Å². The van der Waals surface area contributed by atoms with Crippen molar-refractivity contribution in [3.05, 3.63) is 132 Å². The highest BCUT2D eigenvalue weighted by atomic mass is 16.4. The Labute approximate surface area is 214 Å². The van der Waals surface area contributed by atoms with Gasteiger partial charge in [-0.3, -0.25) is 0 Å². The van der Waals surface area contributed by atoms with Gasteiger partial charge in [-0.15, -0.1) is 0 Å². The van der Waals surface area contributed by atoms with Crippen molar-refractivity contribution in [3.8, 4) is 33.4 Å². The minimum atomic E-state index is -1.00. The van der Waals surface area contributed by atoms with Crippen molar-refractivity contribution in [3.63, 3.8) is 0 Å². The number of hydrogen-bond donors (Lipinski definition) is 2. The van der Waals surface area contributed by atoms with Gasteiger partial charge in [0.25, 0.3) is 0 Å². The van der Waals surface area contributed by atoms with Crippen LogP contribution >= 0.6 is 0 Å². The topological polar surface area (TPSA) is 57.5 Å². The standard InChI is InChI=1S/C34H24O3/c35-21-30-28(22-11-3-1-4-12-22)19-24-15-7-9-17-26(24)31(30)32-27-18-10-8-16-25(27)20-29(33(32)34(36)37)23-13-5-2-6-14-23/h1-20,35H,21H2,(H,36,37). The van der Waals surface area contributed by atoms with Crippen LogP contribution < -0.4 is 0 Å². The van der Waals surface area contributed by atoms with Gasteiger partial charge in [0.15, 0.2) is 0 Å². The van der Waals surface area contributed by atoms with E-state index >= 15 is 0 Å². The van der Waals surface area contributed by atoms with E-state index in [1.807, 2.05) is 115 Å². The molecule has 3 nitrogen and oxygen atoms in total. The molecule has 0 bridgehead atoms. The highest BCUT2D eigenvalue weighted by Crippen LogP contribution is 2.45. The van der Waals surface area contributed by atoms with Gasteiger partial charge < -0.3 is 10.2 Å². The first kappa shape index (κ1) is 22.7. The molecule has 0 radical (unpaired) electrons. The van der Waals surface area contributed by atoms with Crippen molar-refractivity contribution in [2.24, 2.45) is 0 Å². The first-order chi connectivity index (χ1) is 18.2. The molecule has 0 heterocycles. The number of rotatable bonds is 5. The second-order valence-corrected chi connectivity index (χ2v) is 9.09. The average Bonchev–Trinajstić information content (AvgIpc) is 2.96. The molecule has 6 aromatic rings. The van der Waals surface area contributed by atoms with Crippen LogP contribution in [0.4, 0.5) is 0 Å². The summed E-state index contributed by atoms with van der Waals surface area (Å²) in [6, 6.07) is 39.5. The number of aromatic carboxylic acids is 1. The van der Waals surface area contributed by atoms with Gasteiger partial charge in [0, 0.05) is 5.56 Å². The van der Waals surface area contributed by atoms with Crippen molar-refractivity contribution < 1.29 is 15.0 Å². The molecule has 0 amide bonds. The van der Waals surface area contributed by atoms with Crippen LogP contribution in [-0.2, 0) is 6.61 Å². The maximum atomic E-state index is 13.1. The molecule has 2 N–H and O–H groups in total. The highest BCUT2D eigenvalue weighted by Gasteiger charge is 2.26. The second-order valence-electron chi connectivity index (χ2n) is 9.09. The van der Waals surface area contributed by atoms with Gasteiger partial charge in [-0.05, 0) is 67.1 Å². The lowest BCUT2D eigenvalue weighted by atomic mass is 9.81. The van der Waals surface area contributed by atoms with Crippen LogP contribution in [0.5, 0.6) is 0 Å². The summed E-state index contributed by atoms with van der Waals surface area (Å²) in [5.74, 6) is -1.00. The normalized spacial score (nSPS) is 11.2. The lowest BCUT2D eigenvalue weighted by Gasteiger charge is -2.22. The third-order valence-corrected chi connectivity index (χ3v) is 7.00. The third kappa shape index (κ3) is 3.86. The molecule has 0 fully saturated rings. The fraction of sp³-hybridized carbons (Fsp3) is 0.0294. The van der Waals surface area contributed by atoms with E-state index in [1.165, 1.54) is 0 Å².